The SMILES string of the molecule is O=C(O)/C(=C\c1ccccc1Br)c1ccc(C(F)(F)F)cc1[N+](=O)[O-]. The summed E-state index contributed by atoms with van der Waals surface area (Å²) in [5, 5.41) is 20.5. The van der Waals surface area contributed by atoms with E-state index in [-0.39, 0.29) is 0 Å². The van der Waals surface area contributed by atoms with Gasteiger partial charge in [0.1, 0.15) is 0 Å². The third-order valence-corrected chi connectivity index (χ3v) is 3.97. The van der Waals surface area contributed by atoms with E-state index in [1.54, 1.807) is 24.3 Å². The number of carboxylic acids is 1. The van der Waals surface area contributed by atoms with Gasteiger partial charge in [-0.25, -0.2) is 4.79 Å². The molecule has 0 heterocycles. The molecule has 0 aliphatic heterocycles. The normalized spacial score (nSPS) is 12.1. The van der Waals surface area contributed by atoms with Crippen LogP contribution in [0.3, 0.4) is 0 Å². The van der Waals surface area contributed by atoms with E-state index in [2.05, 4.69) is 15.9 Å². The van der Waals surface area contributed by atoms with Crippen LogP contribution in [0.1, 0.15) is 16.7 Å². The quantitative estimate of drug-likeness (QED) is 0.329. The molecule has 5 nitrogen and oxygen atoms in total. The number of nitro benzene ring substituents is 1. The van der Waals surface area contributed by atoms with Gasteiger partial charge in [0.2, 0.25) is 0 Å². The first kappa shape index (κ1) is 18.7. The molecule has 0 fully saturated rings. The van der Waals surface area contributed by atoms with Crippen molar-refractivity contribution >= 4 is 39.2 Å². The van der Waals surface area contributed by atoms with Crippen molar-refractivity contribution in [2.45, 2.75) is 6.18 Å². The third kappa shape index (κ3) is 4.24. The average molecular weight is 416 g/mol. The van der Waals surface area contributed by atoms with Gasteiger partial charge >= 0.3 is 12.1 Å². The Bertz CT molecular complexity index is 878. The second kappa shape index (κ2) is 7.06. The van der Waals surface area contributed by atoms with Crippen LogP contribution in [0, 0.1) is 10.1 Å². The van der Waals surface area contributed by atoms with E-state index < -0.39 is 39.5 Å². The smallest absolute Gasteiger partial charge is 0.416 e. The van der Waals surface area contributed by atoms with Gasteiger partial charge in [-0.3, -0.25) is 10.1 Å². The van der Waals surface area contributed by atoms with Crippen LogP contribution < -0.4 is 0 Å². The van der Waals surface area contributed by atoms with E-state index >= 15 is 0 Å². The van der Waals surface area contributed by atoms with Gasteiger partial charge in [-0.2, -0.15) is 13.2 Å². The maximum absolute atomic E-state index is 12.8. The predicted molar refractivity (Wildman–Crippen MR) is 87.7 cm³/mol. The molecule has 130 valence electrons. The van der Waals surface area contributed by atoms with Crippen molar-refractivity contribution in [1.29, 1.82) is 0 Å². The molecule has 0 radical (unpaired) electrons. The molecule has 2 rings (SSSR count). The summed E-state index contributed by atoms with van der Waals surface area (Å²) in [6.07, 6.45) is -3.62. The van der Waals surface area contributed by atoms with Gasteiger partial charge < -0.3 is 5.11 Å². The molecule has 0 amide bonds. The minimum Gasteiger partial charge on any atom is -0.478 e. The highest BCUT2D eigenvalue weighted by atomic mass is 79.9. The Morgan fingerprint density at radius 2 is 1.84 bits per heavy atom. The van der Waals surface area contributed by atoms with E-state index in [1.807, 2.05) is 0 Å². The lowest BCUT2D eigenvalue weighted by atomic mass is 9.99. The number of hydrogen-bond acceptors (Lipinski definition) is 3. The van der Waals surface area contributed by atoms with Crippen LogP contribution in [-0.2, 0) is 11.0 Å². The standard InChI is InChI=1S/C16H9BrF3NO4/c17-13-4-2-1-3-9(13)7-12(15(22)23)11-6-5-10(16(18,19)20)8-14(11)21(24)25/h1-8H,(H,22,23)/b12-7-. The fourth-order valence-corrected chi connectivity index (χ4v) is 2.49. The van der Waals surface area contributed by atoms with Gasteiger partial charge in [0.15, 0.2) is 0 Å². The second-order valence-corrected chi connectivity index (χ2v) is 5.73. The van der Waals surface area contributed by atoms with Gasteiger partial charge in [-0.15, -0.1) is 0 Å². The lowest BCUT2D eigenvalue weighted by Gasteiger charge is -2.10. The lowest BCUT2D eigenvalue weighted by molar-refractivity contribution is -0.385. The molecule has 0 unspecified atom stereocenters. The first-order valence-corrected chi connectivity index (χ1v) is 7.46. The summed E-state index contributed by atoms with van der Waals surface area (Å²) in [5.74, 6) is -1.50. The van der Waals surface area contributed by atoms with E-state index in [0.29, 0.717) is 22.2 Å². The Labute approximate surface area is 147 Å². The molecule has 1 N–H and O–H groups in total. The van der Waals surface area contributed by atoms with Crippen molar-refractivity contribution in [3.8, 4) is 0 Å². The Morgan fingerprint density at radius 1 is 1.20 bits per heavy atom. The Hall–Kier alpha value is -2.68. The van der Waals surface area contributed by atoms with Crippen LogP contribution in [0.5, 0.6) is 0 Å². The Balaban J connectivity index is 2.69. The van der Waals surface area contributed by atoms with Crippen LogP contribution in [0.2, 0.25) is 0 Å². The molecular weight excluding hydrogens is 407 g/mol. The first-order chi connectivity index (χ1) is 11.6. The number of carboxylic acid groups (broad SMARTS) is 1. The maximum atomic E-state index is 12.8. The van der Waals surface area contributed by atoms with Crippen molar-refractivity contribution in [2.75, 3.05) is 0 Å². The summed E-state index contributed by atoms with van der Waals surface area (Å²) >= 11 is 3.21. The number of rotatable bonds is 4. The highest BCUT2D eigenvalue weighted by molar-refractivity contribution is 9.10. The summed E-state index contributed by atoms with van der Waals surface area (Å²) in [4.78, 5) is 21.7. The third-order valence-electron chi connectivity index (χ3n) is 3.25. The summed E-state index contributed by atoms with van der Waals surface area (Å²) in [5.41, 5.74) is -2.66. The molecule has 0 saturated carbocycles. The fourth-order valence-electron chi connectivity index (χ4n) is 2.09. The highest BCUT2D eigenvalue weighted by Gasteiger charge is 2.34. The minimum atomic E-state index is -4.78. The van der Waals surface area contributed by atoms with Crippen LogP contribution in [0.4, 0.5) is 18.9 Å². The Morgan fingerprint density at radius 3 is 2.36 bits per heavy atom. The minimum absolute atomic E-state index is 0.326. The molecule has 0 atom stereocenters. The predicted octanol–water partition coefficient (Wildman–Crippen LogP) is 5.00. The highest BCUT2D eigenvalue weighted by Crippen LogP contribution is 2.36. The molecule has 0 saturated heterocycles. The van der Waals surface area contributed by atoms with E-state index in [4.69, 9.17) is 0 Å². The molecular formula is C16H9BrF3NO4. The average Bonchev–Trinajstić information content (AvgIpc) is 2.52. The molecule has 0 spiro atoms. The molecule has 25 heavy (non-hydrogen) atoms. The fraction of sp³-hybridized carbons (Fsp3) is 0.0625. The van der Waals surface area contributed by atoms with Crippen molar-refractivity contribution in [3.63, 3.8) is 0 Å². The van der Waals surface area contributed by atoms with Gasteiger partial charge in [0.25, 0.3) is 5.69 Å². The maximum Gasteiger partial charge on any atom is 0.416 e. The zero-order valence-corrected chi connectivity index (χ0v) is 13.8. The van der Waals surface area contributed by atoms with E-state index in [1.165, 1.54) is 0 Å². The number of alkyl halides is 3. The number of carbonyl (C=O) groups is 1. The van der Waals surface area contributed by atoms with Crippen LogP contribution in [0.25, 0.3) is 11.6 Å². The summed E-state index contributed by atoms with van der Waals surface area (Å²) in [6.45, 7) is 0. The largest absolute Gasteiger partial charge is 0.478 e. The number of aliphatic carboxylic acids is 1. The van der Waals surface area contributed by atoms with Crippen molar-refractivity contribution in [2.24, 2.45) is 0 Å². The van der Waals surface area contributed by atoms with Crippen molar-refractivity contribution in [1.82, 2.24) is 0 Å². The summed E-state index contributed by atoms with van der Waals surface area (Å²) < 4.78 is 38.8. The topological polar surface area (TPSA) is 80.4 Å². The van der Waals surface area contributed by atoms with Gasteiger partial charge in [-0.1, -0.05) is 34.1 Å². The molecule has 2 aromatic carbocycles. The van der Waals surface area contributed by atoms with Gasteiger partial charge in [-0.05, 0) is 29.8 Å². The van der Waals surface area contributed by atoms with E-state index in [9.17, 15) is 33.2 Å². The number of halogens is 4. The molecule has 2 aromatic rings. The number of benzene rings is 2. The number of hydrogen-bond donors (Lipinski definition) is 1. The molecule has 9 heteroatoms. The monoisotopic (exact) mass is 415 g/mol. The second-order valence-electron chi connectivity index (χ2n) is 4.87. The molecule has 0 aromatic heterocycles. The molecule has 0 aliphatic carbocycles. The van der Waals surface area contributed by atoms with Gasteiger partial charge in [0, 0.05) is 10.5 Å². The van der Waals surface area contributed by atoms with Crippen molar-refractivity contribution < 1.29 is 28.0 Å². The summed E-state index contributed by atoms with van der Waals surface area (Å²) in [6, 6.07) is 8.22. The van der Waals surface area contributed by atoms with Crippen LogP contribution in [-0.4, -0.2) is 16.0 Å². The Kier molecular flexibility index (Phi) is 5.27. The molecule has 0 bridgehead atoms. The number of nitrogens with zero attached hydrogens (tertiary/aromatic N) is 1. The molecule has 0 aliphatic rings. The first-order valence-electron chi connectivity index (χ1n) is 6.67. The zero-order chi connectivity index (χ0) is 18.8. The van der Waals surface area contributed by atoms with Gasteiger partial charge in [0.05, 0.1) is 21.6 Å². The van der Waals surface area contributed by atoms with Crippen LogP contribution in [0.15, 0.2) is 46.9 Å². The number of nitro groups is 1. The lowest BCUT2D eigenvalue weighted by Crippen LogP contribution is -2.08. The summed E-state index contributed by atoms with van der Waals surface area (Å²) in [7, 11) is 0. The van der Waals surface area contributed by atoms with E-state index in [0.717, 1.165) is 12.1 Å². The van der Waals surface area contributed by atoms with Crippen molar-refractivity contribution in [3.05, 3.63) is 73.7 Å². The van der Waals surface area contributed by atoms with Crippen LogP contribution >= 0.6 is 15.9 Å². The zero-order valence-electron chi connectivity index (χ0n) is 12.2.